The molecule has 0 radical (unpaired) electrons. The van der Waals surface area contributed by atoms with Gasteiger partial charge in [0.15, 0.2) is 12.6 Å². The van der Waals surface area contributed by atoms with Crippen LogP contribution in [0.5, 0.6) is 0 Å². The Bertz CT molecular complexity index is 2500. The molecule has 0 saturated heterocycles. The average molecular weight is 1100 g/mol. The van der Waals surface area contributed by atoms with Gasteiger partial charge >= 0.3 is 0 Å². The lowest BCUT2D eigenvalue weighted by Crippen LogP contribution is -2.01. The van der Waals surface area contributed by atoms with Crippen LogP contribution in [0.15, 0.2) is 179 Å². The van der Waals surface area contributed by atoms with Crippen molar-refractivity contribution in [1.82, 2.24) is 19.9 Å². The summed E-state index contributed by atoms with van der Waals surface area (Å²) in [6.07, 6.45) is 10.7. The van der Waals surface area contributed by atoms with Gasteiger partial charge in [-0.25, -0.2) is 15.0 Å². The lowest BCUT2D eigenvalue weighted by molar-refractivity contribution is 0.111. The molecule has 4 aromatic carbocycles. The standard InChI is InChI=1S/C14H12ClNO.C13H11ClN2O.C12H10BrClN2.C7H5ClO.C5H5BrN2/c15-13-5-1-11(2-6-13)3-7-14-8-4-12(10-17)9-16-14;14-12-4-1-10(2-5-12)7-15-13-6-3-11(9-17)8-16-13;13-10-3-6-12(16-8-10)15-7-9-1-4-11(14)5-2-9;8-7-3-1-6(5-9)2-4-7;6-4-1-2-5(7)8-3-4/h1-2,4-6,8-10H,3,7H2;1-6,8-9H,7H2,(H,15,16);1-6,8H,7H2,(H,15,16);1-5H;1-3H,(H2,7,8). The molecule has 4 heterocycles. The number of nitrogens with one attached hydrogen (secondary N) is 2. The number of aldehydes is 3. The predicted molar refractivity (Wildman–Crippen MR) is 281 cm³/mol. The normalized spacial score (nSPS) is 9.82. The Kier molecular flexibility index (Phi) is 24.3. The summed E-state index contributed by atoms with van der Waals surface area (Å²) >= 11 is 29.5. The van der Waals surface area contributed by atoms with Crippen LogP contribution >= 0.6 is 78.3 Å². The van der Waals surface area contributed by atoms with Gasteiger partial charge in [-0.2, -0.15) is 0 Å². The number of carbonyl (C=O) groups excluding carboxylic acids is 3. The third-order valence-electron chi connectivity index (χ3n) is 8.75. The lowest BCUT2D eigenvalue weighted by atomic mass is 10.1. The van der Waals surface area contributed by atoms with Gasteiger partial charge in [0.05, 0.1) is 0 Å². The molecule has 0 unspecified atom stereocenters. The fourth-order valence-corrected chi connectivity index (χ4v) is 6.13. The van der Waals surface area contributed by atoms with Crippen LogP contribution in [-0.2, 0) is 25.9 Å². The highest BCUT2D eigenvalue weighted by Gasteiger charge is 2.00. The quantitative estimate of drug-likeness (QED) is 0.101. The Morgan fingerprint density at radius 3 is 1.18 bits per heavy atom. The number of nitrogens with two attached hydrogens (primary N) is 1. The van der Waals surface area contributed by atoms with E-state index in [0.717, 1.165) is 85.2 Å². The van der Waals surface area contributed by atoms with Gasteiger partial charge in [-0.05, 0) is 158 Å². The lowest BCUT2D eigenvalue weighted by Gasteiger charge is -2.05. The topological polar surface area (TPSA) is 153 Å². The van der Waals surface area contributed by atoms with Gasteiger partial charge in [0.2, 0.25) is 0 Å². The summed E-state index contributed by atoms with van der Waals surface area (Å²) in [7, 11) is 0. The number of rotatable bonds is 12. The molecule has 0 fully saturated rings. The Hall–Kier alpha value is -5.99. The molecule has 10 nitrogen and oxygen atoms in total. The monoisotopic (exact) mass is 1100 g/mol. The van der Waals surface area contributed by atoms with Crippen molar-refractivity contribution in [2.75, 3.05) is 16.4 Å². The van der Waals surface area contributed by atoms with Crippen LogP contribution in [0.3, 0.4) is 0 Å². The van der Waals surface area contributed by atoms with E-state index in [9.17, 15) is 14.4 Å². The van der Waals surface area contributed by atoms with E-state index in [0.29, 0.717) is 34.1 Å². The number of anilines is 3. The van der Waals surface area contributed by atoms with Crippen LogP contribution in [0.2, 0.25) is 20.1 Å². The molecule has 0 saturated carbocycles. The Labute approximate surface area is 426 Å². The van der Waals surface area contributed by atoms with E-state index in [4.69, 9.17) is 52.1 Å². The number of halogens is 6. The average Bonchev–Trinajstić information content (AvgIpc) is 3.36. The van der Waals surface area contributed by atoms with Crippen LogP contribution in [0.1, 0.15) is 53.5 Å². The van der Waals surface area contributed by atoms with Crippen molar-refractivity contribution in [3.8, 4) is 0 Å². The number of aromatic nitrogens is 4. The summed E-state index contributed by atoms with van der Waals surface area (Å²) in [5, 5.41) is 9.28. The van der Waals surface area contributed by atoms with Gasteiger partial charge in [0.1, 0.15) is 23.7 Å². The van der Waals surface area contributed by atoms with Crippen LogP contribution in [0.25, 0.3) is 0 Å². The highest BCUT2D eigenvalue weighted by atomic mass is 79.9. The van der Waals surface area contributed by atoms with E-state index in [-0.39, 0.29) is 0 Å². The number of nitrogen functional groups attached to an aromatic ring is 1. The molecule has 0 aliphatic rings. The minimum absolute atomic E-state index is 0.549. The SMILES string of the molecule is Clc1ccc(CNc2ccc(Br)cn2)cc1.Nc1ccc(Br)cn1.O=Cc1ccc(CCc2ccc(Cl)cc2)nc1.O=Cc1ccc(Cl)cc1.O=Cc1ccc(NCc2ccc(Cl)cc2)nc1. The van der Waals surface area contributed by atoms with E-state index in [1.807, 2.05) is 97.1 Å². The van der Waals surface area contributed by atoms with E-state index < -0.39 is 0 Å². The van der Waals surface area contributed by atoms with Gasteiger partial charge in [-0.15, -0.1) is 0 Å². The highest BCUT2D eigenvalue weighted by molar-refractivity contribution is 9.10. The third kappa shape index (κ3) is 22.4. The summed E-state index contributed by atoms with van der Waals surface area (Å²) in [6, 6.07) is 44.5. The third-order valence-corrected chi connectivity index (χ3v) is 10.7. The van der Waals surface area contributed by atoms with Gasteiger partial charge in [0.25, 0.3) is 0 Å². The summed E-state index contributed by atoms with van der Waals surface area (Å²) in [4.78, 5) is 47.4. The van der Waals surface area contributed by atoms with Crippen molar-refractivity contribution in [3.05, 3.63) is 238 Å². The Morgan fingerprint density at radius 1 is 0.418 bits per heavy atom. The number of hydrogen-bond acceptors (Lipinski definition) is 10. The maximum absolute atomic E-state index is 10.5. The molecular weight excluding hydrogens is 1060 g/mol. The summed E-state index contributed by atoms with van der Waals surface area (Å²) in [6.45, 7) is 1.41. The first kappa shape index (κ1) is 53.6. The first-order valence-corrected chi connectivity index (χ1v) is 23.2. The van der Waals surface area contributed by atoms with Gasteiger partial charge in [-0.1, -0.05) is 94.9 Å². The van der Waals surface area contributed by atoms with Crippen molar-refractivity contribution >= 4 is 115 Å². The minimum Gasteiger partial charge on any atom is -0.384 e. The van der Waals surface area contributed by atoms with Gasteiger partial charge in [0, 0.05) is 89.3 Å². The van der Waals surface area contributed by atoms with Crippen molar-refractivity contribution in [2.24, 2.45) is 0 Å². The van der Waals surface area contributed by atoms with E-state index >= 15 is 0 Å². The Morgan fingerprint density at radius 2 is 0.806 bits per heavy atom. The number of benzene rings is 4. The summed E-state index contributed by atoms with van der Waals surface area (Å²) in [5.74, 6) is 2.15. The maximum atomic E-state index is 10.5. The largest absolute Gasteiger partial charge is 0.384 e. The van der Waals surface area contributed by atoms with E-state index in [1.165, 1.54) is 17.3 Å². The summed E-state index contributed by atoms with van der Waals surface area (Å²) < 4.78 is 1.93. The molecular formula is C51H43Br2Cl4N7O3. The van der Waals surface area contributed by atoms with Crippen molar-refractivity contribution in [1.29, 1.82) is 0 Å². The molecule has 0 atom stereocenters. The van der Waals surface area contributed by atoms with Crippen molar-refractivity contribution in [3.63, 3.8) is 0 Å². The molecule has 0 amide bonds. The minimum atomic E-state index is 0.549. The molecule has 0 aliphatic carbocycles. The molecule has 4 aromatic heterocycles. The van der Waals surface area contributed by atoms with E-state index in [1.54, 1.807) is 67.1 Å². The van der Waals surface area contributed by atoms with Crippen molar-refractivity contribution < 1.29 is 14.4 Å². The number of pyridine rings is 4. The zero-order chi connectivity index (χ0) is 48.2. The molecule has 4 N–H and O–H groups in total. The van der Waals surface area contributed by atoms with E-state index in [2.05, 4.69) is 62.4 Å². The molecule has 8 aromatic rings. The second-order valence-corrected chi connectivity index (χ2v) is 17.4. The zero-order valence-electron chi connectivity index (χ0n) is 35.6. The summed E-state index contributed by atoms with van der Waals surface area (Å²) in [5.41, 5.74) is 11.6. The van der Waals surface area contributed by atoms with Crippen LogP contribution in [-0.4, -0.2) is 38.8 Å². The first-order valence-electron chi connectivity index (χ1n) is 20.1. The van der Waals surface area contributed by atoms with Crippen molar-refractivity contribution in [2.45, 2.75) is 25.9 Å². The first-order chi connectivity index (χ1) is 32.4. The molecule has 8 rings (SSSR count). The van der Waals surface area contributed by atoms with Crippen LogP contribution in [0, 0.1) is 0 Å². The second kappa shape index (κ2) is 30.3. The van der Waals surface area contributed by atoms with Crippen LogP contribution in [0.4, 0.5) is 17.5 Å². The Balaban J connectivity index is 0.000000188. The van der Waals surface area contributed by atoms with Gasteiger partial charge in [-0.3, -0.25) is 19.4 Å². The number of nitrogens with zero attached hydrogens (tertiary/aromatic N) is 4. The fourth-order valence-electron chi connectivity index (χ4n) is 5.16. The zero-order valence-corrected chi connectivity index (χ0v) is 41.8. The fraction of sp³-hybridized carbons (Fsp3) is 0.0784. The number of carbonyl (C=O) groups is 3. The molecule has 0 bridgehead atoms. The van der Waals surface area contributed by atoms with Gasteiger partial charge < -0.3 is 16.4 Å². The smallest absolute Gasteiger partial charge is 0.151 e. The van der Waals surface area contributed by atoms with Crippen LogP contribution < -0.4 is 16.4 Å². The molecule has 0 aliphatic heterocycles. The number of aryl methyl sites for hydroxylation is 2. The molecule has 67 heavy (non-hydrogen) atoms. The number of hydrogen-bond donors (Lipinski definition) is 3. The predicted octanol–water partition coefficient (Wildman–Crippen LogP) is 14.2. The maximum Gasteiger partial charge on any atom is 0.151 e. The molecule has 0 spiro atoms. The second-order valence-electron chi connectivity index (χ2n) is 13.8. The molecule has 342 valence electrons. The highest BCUT2D eigenvalue weighted by Crippen LogP contribution is 2.16. The molecule has 16 heteroatoms.